The standard InChI is InChI=1S/C128H80N4O2/c1-2-34-102-100(32-1)101-33-3-4-35-103(101)116-80-96(72-73-105(102)116)129(94-28-23-26-87(74-94)81-54-58-83(59-55-81)97-30-7-15-46-118(97)131-120-48-17-9-38-107(120)108-39-10-18-49-121(108)131)92-68-66-86(67-69-92)115-77-91(78-117-112-43-14-22-53-126(112)134-128(115)117)89-62-63-90-79-124(106-37-6-5-36-104(106)114(90)76-89)130(93-70-64-85(65-71-93)99-44-25-45-113-111-42-13-21-52-125(111)133-127(99)113)95-29-24-27-88(75-95)82-56-60-84(61-57-82)98-31-8-16-47-119(98)132-122-50-19-11-40-109(122)110-41-12-20-51-123(110)132/h1-80H. The van der Waals surface area contributed by atoms with E-state index in [0.717, 1.165) is 183 Å². The lowest BCUT2D eigenvalue weighted by Crippen LogP contribution is -2.11. The van der Waals surface area contributed by atoms with Gasteiger partial charge in [-0.15, -0.1) is 0 Å². The van der Waals surface area contributed by atoms with E-state index in [4.69, 9.17) is 8.83 Å². The number of fused-ring (bicyclic) bond motifs is 21. The van der Waals surface area contributed by atoms with Crippen molar-refractivity contribution < 1.29 is 8.83 Å². The fourth-order valence-electron chi connectivity index (χ4n) is 21.6. The van der Waals surface area contributed by atoms with Crippen LogP contribution in [0.1, 0.15) is 0 Å². The summed E-state index contributed by atoms with van der Waals surface area (Å²) in [5.74, 6) is 0. The van der Waals surface area contributed by atoms with Crippen LogP contribution < -0.4 is 9.80 Å². The van der Waals surface area contributed by atoms with E-state index in [0.29, 0.717) is 0 Å². The Morgan fingerprint density at radius 3 is 1.02 bits per heavy atom. The molecule has 0 aliphatic rings. The summed E-state index contributed by atoms with van der Waals surface area (Å²) in [4.78, 5) is 4.88. The molecule has 0 spiro atoms. The Bertz CT molecular complexity index is 9320. The lowest BCUT2D eigenvalue weighted by molar-refractivity contribution is 0.669. The first-order chi connectivity index (χ1) is 66.4. The Morgan fingerprint density at radius 2 is 0.493 bits per heavy atom. The zero-order chi connectivity index (χ0) is 88.0. The number of hydrogen-bond donors (Lipinski definition) is 0. The molecule has 0 radical (unpaired) electrons. The van der Waals surface area contributed by atoms with Crippen molar-refractivity contribution in [3.05, 3.63) is 485 Å². The van der Waals surface area contributed by atoms with E-state index >= 15 is 0 Å². The summed E-state index contributed by atoms with van der Waals surface area (Å²) < 4.78 is 18.6. The van der Waals surface area contributed by atoms with Gasteiger partial charge in [-0.05, 0) is 238 Å². The van der Waals surface area contributed by atoms with E-state index in [1.165, 1.54) is 81.5 Å². The van der Waals surface area contributed by atoms with Gasteiger partial charge >= 0.3 is 0 Å². The van der Waals surface area contributed by atoms with E-state index < -0.39 is 0 Å². The second-order valence-corrected chi connectivity index (χ2v) is 35.3. The third kappa shape index (κ3) is 12.4. The van der Waals surface area contributed by atoms with E-state index in [-0.39, 0.29) is 0 Å². The highest BCUT2D eigenvalue weighted by Gasteiger charge is 2.26. The minimum absolute atomic E-state index is 0.843. The molecule has 6 nitrogen and oxygen atoms in total. The molecule has 4 aromatic heterocycles. The van der Waals surface area contributed by atoms with Crippen molar-refractivity contribution in [1.29, 1.82) is 0 Å². The van der Waals surface area contributed by atoms with Crippen LogP contribution in [-0.4, -0.2) is 9.13 Å². The zero-order valence-electron chi connectivity index (χ0n) is 72.8. The molecule has 0 saturated heterocycles. The summed E-state index contributed by atoms with van der Waals surface area (Å²) in [5, 5.41) is 21.2. The molecular formula is C128H80N4O2. The Morgan fingerprint density at radius 1 is 0.157 bits per heavy atom. The van der Waals surface area contributed by atoms with Gasteiger partial charge in [-0.25, -0.2) is 0 Å². The maximum atomic E-state index is 7.06. The van der Waals surface area contributed by atoms with E-state index in [1.54, 1.807) is 0 Å². The van der Waals surface area contributed by atoms with Crippen LogP contribution in [0.25, 0.3) is 231 Å². The number of nitrogens with zero attached hydrogens (tertiary/aromatic N) is 4. The van der Waals surface area contributed by atoms with Crippen LogP contribution in [0.4, 0.5) is 34.1 Å². The predicted octanol–water partition coefficient (Wildman–Crippen LogP) is 36.1. The topological polar surface area (TPSA) is 42.6 Å². The molecule has 0 saturated carbocycles. The highest BCUT2D eigenvalue weighted by molar-refractivity contribution is 6.26. The van der Waals surface area contributed by atoms with Gasteiger partial charge in [0.05, 0.1) is 39.1 Å². The minimum atomic E-state index is 0.843. The highest BCUT2D eigenvalue weighted by Crippen LogP contribution is 2.51. The van der Waals surface area contributed by atoms with Crippen molar-refractivity contribution in [2.24, 2.45) is 0 Å². The predicted molar refractivity (Wildman–Crippen MR) is 565 cm³/mol. The van der Waals surface area contributed by atoms with Crippen molar-refractivity contribution in [3.63, 3.8) is 0 Å². The number of hydrogen-bond acceptors (Lipinski definition) is 4. The molecule has 4 heterocycles. The first-order valence-electron chi connectivity index (χ1n) is 46.0. The molecule has 0 unspecified atom stereocenters. The van der Waals surface area contributed by atoms with Crippen molar-refractivity contribution in [1.82, 2.24) is 9.13 Å². The number of anilines is 6. The summed E-state index contributed by atoms with van der Waals surface area (Å²) in [7, 11) is 0. The van der Waals surface area contributed by atoms with Gasteiger partial charge in [0.1, 0.15) is 22.3 Å². The molecular weight excluding hydrogens is 1630 g/mol. The van der Waals surface area contributed by atoms with Crippen LogP contribution in [0.2, 0.25) is 0 Å². The van der Waals surface area contributed by atoms with Gasteiger partial charge in [-0.1, -0.05) is 352 Å². The molecule has 27 aromatic rings. The Labute approximate surface area is 772 Å². The van der Waals surface area contributed by atoms with E-state index in [1.807, 2.05) is 6.07 Å². The molecule has 0 fully saturated rings. The quantitative estimate of drug-likeness (QED) is 0.0960. The van der Waals surface area contributed by atoms with Crippen molar-refractivity contribution in [2.45, 2.75) is 0 Å². The summed E-state index contributed by atoms with van der Waals surface area (Å²) in [6.45, 7) is 0. The summed E-state index contributed by atoms with van der Waals surface area (Å²) in [6, 6.07) is 178. The highest BCUT2D eigenvalue weighted by atomic mass is 16.3. The van der Waals surface area contributed by atoms with Gasteiger partial charge in [-0.2, -0.15) is 0 Å². The summed E-state index contributed by atoms with van der Waals surface area (Å²) in [6.07, 6.45) is 0. The molecule has 0 bridgehead atoms. The monoisotopic (exact) mass is 1700 g/mol. The number of furan rings is 2. The van der Waals surface area contributed by atoms with Crippen LogP contribution in [0.15, 0.2) is 494 Å². The van der Waals surface area contributed by atoms with Crippen molar-refractivity contribution >= 4 is 175 Å². The second-order valence-electron chi connectivity index (χ2n) is 35.3. The van der Waals surface area contributed by atoms with Crippen LogP contribution in [0.3, 0.4) is 0 Å². The molecule has 0 aliphatic heterocycles. The maximum Gasteiger partial charge on any atom is 0.143 e. The molecule has 0 atom stereocenters. The fraction of sp³-hybridized carbons (Fsp3) is 0. The number of benzene rings is 23. The molecule has 0 amide bonds. The molecule has 23 aromatic carbocycles. The van der Waals surface area contributed by atoms with Crippen LogP contribution in [-0.2, 0) is 0 Å². The third-order valence-corrected chi connectivity index (χ3v) is 27.9. The van der Waals surface area contributed by atoms with Gasteiger partial charge in [0.25, 0.3) is 0 Å². The first-order valence-corrected chi connectivity index (χ1v) is 46.0. The minimum Gasteiger partial charge on any atom is -0.455 e. The van der Waals surface area contributed by atoms with Gasteiger partial charge in [0.15, 0.2) is 0 Å². The molecule has 27 rings (SSSR count). The average molecular weight is 1710 g/mol. The first kappa shape index (κ1) is 76.2. The van der Waals surface area contributed by atoms with Gasteiger partial charge in [0, 0.05) is 99.2 Å². The molecule has 134 heavy (non-hydrogen) atoms. The van der Waals surface area contributed by atoms with Crippen LogP contribution >= 0.6 is 0 Å². The van der Waals surface area contributed by atoms with Gasteiger partial charge < -0.3 is 27.8 Å². The number of para-hydroxylation sites is 9. The SMILES string of the molecule is c1cc(-c2ccc(-c3ccccc3-n3c4ccccc4c4ccccc43)cc2)cc(N(c2ccc(-c3cc(-c4ccc5cc(N(c6ccc(-c7cccc8c7oc7ccccc78)cc6)c6cccc(-c7ccc(-c8ccccc8-n8c9ccccc9c9ccccc98)cc7)c6)c6ccccc6c5c4)cc4c3oc3ccccc34)cc2)c2ccc3c4ccccc4c4ccccc4c3c2)c1. The summed E-state index contributed by atoms with van der Waals surface area (Å²) >= 11 is 0. The lowest BCUT2D eigenvalue weighted by Gasteiger charge is -2.28. The zero-order valence-corrected chi connectivity index (χ0v) is 72.8. The number of rotatable bonds is 15. The third-order valence-electron chi connectivity index (χ3n) is 27.9. The number of aromatic nitrogens is 2. The molecule has 6 heteroatoms. The Hall–Kier alpha value is -17.8. The van der Waals surface area contributed by atoms with Crippen molar-refractivity contribution in [2.75, 3.05) is 9.80 Å². The fourth-order valence-corrected chi connectivity index (χ4v) is 21.6. The molecule has 0 N–H and O–H groups in total. The Balaban J connectivity index is 0.565. The second kappa shape index (κ2) is 31.0. The van der Waals surface area contributed by atoms with Crippen LogP contribution in [0, 0.1) is 0 Å². The van der Waals surface area contributed by atoms with Gasteiger partial charge in [0.2, 0.25) is 0 Å². The van der Waals surface area contributed by atoms with Gasteiger partial charge in [-0.3, -0.25) is 0 Å². The maximum absolute atomic E-state index is 7.06. The van der Waals surface area contributed by atoms with Crippen LogP contribution in [0.5, 0.6) is 0 Å². The smallest absolute Gasteiger partial charge is 0.143 e. The molecule has 0 aliphatic carbocycles. The average Bonchev–Trinajstić information content (AvgIpc) is 1.36. The Kier molecular flexibility index (Phi) is 17.6. The largest absolute Gasteiger partial charge is 0.455 e. The van der Waals surface area contributed by atoms with E-state index in [2.05, 4.69) is 498 Å². The normalized spacial score (nSPS) is 11.9. The summed E-state index contributed by atoms with van der Waals surface area (Å²) in [5.41, 5.74) is 32.2. The van der Waals surface area contributed by atoms with E-state index in [9.17, 15) is 0 Å². The van der Waals surface area contributed by atoms with Crippen molar-refractivity contribution in [3.8, 4) is 89.3 Å². The lowest BCUT2D eigenvalue weighted by atomic mass is 9.92. The molecule has 624 valence electrons.